The van der Waals surface area contributed by atoms with Crippen molar-refractivity contribution in [3.05, 3.63) is 24.3 Å². The number of hydrogen-bond donors (Lipinski definition) is 0. The van der Waals surface area contributed by atoms with Crippen LogP contribution in [0.25, 0.3) is 0 Å². The maximum Gasteiger partial charge on any atom is 0.255 e. The van der Waals surface area contributed by atoms with E-state index in [1.807, 2.05) is 0 Å². The average molecular weight is 197 g/mol. The molecular weight excluding hydrogens is 181 g/mol. The molecular formula is C11H16FNO. The van der Waals surface area contributed by atoms with E-state index in [0.717, 1.165) is 12.8 Å². The summed E-state index contributed by atoms with van der Waals surface area (Å²) in [4.78, 5) is 3.50. The van der Waals surface area contributed by atoms with Crippen LogP contribution in [0.1, 0.15) is 26.7 Å². The van der Waals surface area contributed by atoms with Crippen LogP contribution in [-0.4, -0.2) is 11.6 Å². The van der Waals surface area contributed by atoms with Gasteiger partial charge in [-0.2, -0.15) is 4.39 Å². The van der Waals surface area contributed by atoms with Crippen molar-refractivity contribution in [3.63, 3.8) is 0 Å². The Morgan fingerprint density at radius 1 is 1.50 bits per heavy atom. The first kappa shape index (κ1) is 11.0. The van der Waals surface area contributed by atoms with Crippen LogP contribution in [0.3, 0.4) is 0 Å². The molecule has 0 spiro atoms. The van der Waals surface area contributed by atoms with Gasteiger partial charge in [0.15, 0.2) is 5.75 Å². The Bertz CT molecular complexity index is 276. The van der Waals surface area contributed by atoms with Gasteiger partial charge in [0.1, 0.15) is 0 Å². The Balaban J connectivity index is 2.28. The fourth-order valence-corrected chi connectivity index (χ4v) is 1.15. The van der Waals surface area contributed by atoms with Gasteiger partial charge < -0.3 is 4.74 Å². The van der Waals surface area contributed by atoms with Crippen LogP contribution in [0.2, 0.25) is 0 Å². The quantitative estimate of drug-likeness (QED) is 0.534. The zero-order valence-corrected chi connectivity index (χ0v) is 8.66. The molecule has 0 radical (unpaired) electrons. The minimum Gasteiger partial charge on any atom is -0.489 e. The van der Waals surface area contributed by atoms with Crippen LogP contribution >= 0.6 is 0 Å². The highest BCUT2D eigenvalue weighted by molar-refractivity contribution is 5.17. The molecule has 0 aliphatic rings. The van der Waals surface area contributed by atoms with Gasteiger partial charge in [-0.3, -0.25) is 0 Å². The van der Waals surface area contributed by atoms with Crippen molar-refractivity contribution in [3.8, 4) is 5.75 Å². The Kier molecular flexibility index (Phi) is 4.36. The van der Waals surface area contributed by atoms with Crippen molar-refractivity contribution in [1.82, 2.24) is 4.98 Å². The summed E-state index contributed by atoms with van der Waals surface area (Å²) in [5, 5.41) is 0. The van der Waals surface area contributed by atoms with Gasteiger partial charge in [0.05, 0.1) is 6.61 Å². The molecule has 0 aromatic carbocycles. The lowest BCUT2D eigenvalue weighted by Gasteiger charge is -2.07. The lowest BCUT2D eigenvalue weighted by atomic mass is 10.1. The van der Waals surface area contributed by atoms with Crippen molar-refractivity contribution >= 4 is 0 Å². The molecule has 78 valence electrons. The van der Waals surface area contributed by atoms with Gasteiger partial charge in [0, 0.05) is 6.20 Å². The summed E-state index contributed by atoms with van der Waals surface area (Å²) >= 11 is 0. The number of ether oxygens (including phenoxy) is 1. The summed E-state index contributed by atoms with van der Waals surface area (Å²) in [6, 6.07) is 3.26. The molecule has 0 saturated heterocycles. The molecule has 0 saturated carbocycles. The second-order valence-corrected chi connectivity index (χ2v) is 3.68. The first-order valence-electron chi connectivity index (χ1n) is 4.93. The fourth-order valence-electron chi connectivity index (χ4n) is 1.15. The standard InChI is InChI=1S/C11H16FNO/c1-9(2)5-4-8-14-10-6-3-7-13-11(10)12/h3,6-7,9H,4-5,8H2,1-2H3. The van der Waals surface area contributed by atoms with Gasteiger partial charge in [0.25, 0.3) is 5.95 Å². The van der Waals surface area contributed by atoms with E-state index in [1.54, 1.807) is 12.1 Å². The van der Waals surface area contributed by atoms with Gasteiger partial charge >= 0.3 is 0 Å². The lowest BCUT2D eigenvalue weighted by Crippen LogP contribution is -2.01. The van der Waals surface area contributed by atoms with Crippen molar-refractivity contribution in [1.29, 1.82) is 0 Å². The van der Waals surface area contributed by atoms with Crippen molar-refractivity contribution in [2.45, 2.75) is 26.7 Å². The number of aromatic nitrogens is 1. The first-order valence-corrected chi connectivity index (χ1v) is 4.93. The van der Waals surface area contributed by atoms with E-state index in [2.05, 4.69) is 18.8 Å². The zero-order valence-electron chi connectivity index (χ0n) is 8.66. The van der Waals surface area contributed by atoms with Crippen LogP contribution in [0.5, 0.6) is 5.75 Å². The molecule has 0 fully saturated rings. The summed E-state index contributed by atoms with van der Waals surface area (Å²) in [5.41, 5.74) is 0. The molecule has 1 rings (SSSR count). The van der Waals surface area contributed by atoms with E-state index in [9.17, 15) is 4.39 Å². The molecule has 1 aromatic rings. The summed E-state index contributed by atoms with van der Waals surface area (Å²) in [7, 11) is 0. The molecule has 1 aromatic heterocycles. The first-order chi connectivity index (χ1) is 6.70. The zero-order chi connectivity index (χ0) is 10.4. The van der Waals surface area contributed by atoms with Crippen LogP contribution < -0.4 is 4.74 Å². The second-order valence-electron chi connectivity index (χ2n) is 3.68. The van der Waals surface area contributed by atoms with Crippen molar-refractivity contribution < 1.29 is 9.13 Å². The molecule has 14 heavy (non-hydrogen) atoms. The molecule has 0 amide bonds. The van der Waals surface area contributed by atoms with Gasteiger partial charge in [-0.15, -0.1) is 0 Å². The number of pyridine rings is 1. The predicted molar refractivity (Wildman–Crippen MR) is 53.8 cm³/mol. The molecule has 0 N–H and O–H groups in total. The SMILES string of the molecule is CC(C)CCCOc1cccnc1F. The third kappa shape index (κ3) is 3.73. The summed E-state index contributed by atoms with van der Waals surface area (Å²) in [6.45, 7) is 4.87. The number of hydrogen-bond acceptors (Lipinski definition) is 2. The Labute approximate surface area is 84.1 Å². The van der Waals surface area contributed by atoms with E-state index < -0.39 is 5.95 Å². The van der Waals surface area contributed by atoms with Crippen molar-refractivity contribution in [2.24, 2.45) is 5.92 Å². The molecule has 0 aliphatic heterocycles. The number of rotatable bonds is 5. The highest BCUT2D eigenvalue weighted by Gasteiger charge is 2.02. The minimum absolute atomic E-state index is 0.247. The molecule has 0 unspecified atom stereocenters. The summed E-state index contributed by atoms with van der Waals surface area (Å²) in [6.07, 6.45) is 3.46. The Morgan fingerprint density at radius 2 is 2.29 bits per heavy atom. The number of halogens is 1. The van der Waals surface area contributed by atoms with Gasteiger partial charge in [-0.1, -0.05) is 13.8 Å². The maximum atomic E-state index is 12.9. The maximum absolute atomic E-state index is 12.9. The Hall–Kier alpha value is -1.12. The normalized spacial score (nSPS) is 10.6. The molecule has 1 heterocycles. The van der Waals surface area contributed by atoms with Gasteiger partial charge in [-0.05, 0) is 30.9 Å². The van der Waals surface area contributed by atoms with E-state index >= 15 is 0 Å². The van der Waals surface area contributed by atoms with Crippen LogP contribution in [0.4, 0.5) is 4.39 Å². The van der Waals surface area contributed by atoms with Crippen LogP contribution in [0.15, 0.2) is 18.3 Å². The van der Waals surface area contributed by atoms with E-state index in [0.29, 0.717) is 12.5 Å². The largest absolute Gasteiger partial charge is 0.489 e. The fraction of sp³-hybridized carbons (Fsp3) is 0.545. The van der Waals surface area contributed by atoms with E-state index in [-0.39, 0.29) is 5.75 Å². The molecule has 0 atom stereocenters. The second kappa shape index (κ2) is 5.58. The summed E-state index contributed by atoms with van der Waals surface area (Å²) < 4.78 is 18.2. The third-order valence-electron chi connectivity index (χ3n) is 1.91. The smallest absolute Gasteiger partial charge is 0.255 e. The molecule has 0 aliphatic carbocycles. The third-order valence-corrected chi connectivity index (χ3v) is 1.91. The number of nitrogens with zero attached hydrogens (tertiary/aromatic N) is 1. The monoisotopic (exact) mass is 197 g/mol. The van der Waals surface area contributed by atoms with E-state index in [4.69, 9.17) is 4.74 Å². The van der Waals surface area contributed by atoms with E-state index in [1.165, 1.54) is 6.20 Å². The van der Waals surface area contributed by atoms with Crippen LogP contribution in [-0.2, 0) is 0 Å². The Morgan fingerprint density at radius 3 is 2.93 bits per heavy atom. The topological polar surface area (TPSA) is 22.1 Å². The van der Waals surface area contributed by atoms with Crippen LogP contribution in [0, 0.1) is 11.9 Å². The highest BCUT2D eigenvalue weighted by atomic mass is 19.1. The molecule has 0 bridgehead atoms. The van der Waals surface area contributed by atoms with Crippen molar-refractivity contribution in [2.75, 3.05) is 6.61 Å². The minimum atomic E-state index is -0.531. The summed E-state index contributed by atoms with van der Waals surface area (Å²) in [5.74, 6) is 0.380. The predicted octanol–water partition coefficient (Wildman–Crippen LogP) is 3.04. The highest BCUT2D eigenvalue weighted by Crippen LogP contribution is 2.13. The average Bonchev–Trinajstić information content (AvgIpc) is 2.15. The molecule has 3 heteroatoms. The lowest BCUT2D eigenvalue weighted by molar-refractivity contribution is 0.280. The molecule has 2 nitrogen and oxygen atoms in total. The van der Waals surface area contributed by atoms with Gasteiger partial charge in [-0.25, -0.2) is 4.98 Å². The van der Waals surface area contributed by atoms with Gasteiger partial charge in [0.2, 0.25) is 0 Å².